The minimum atomic E-state index is -0.987. The van der Waals surface area contributed by atoms with Crippen LogP contribution in [0.1, 0.15) is 25.8 Å². The van der Waals surface area contributed by atoms with E-state index in [1.165, 1.54) is 13.2 Å². The van der Waals surface area contributed by atoms with Gasteiger partial charge in [-0.3, -0.25) is 4.79 Å². The van der Waals surface area contributed by atoms with Crippen LogP contribution in [0.2, 0.25) is 0 Å². The lowest BCUT2D eigenvalue weighted by Gasteiger charge is -2.13. The van der Waals surface area contributed by atoms with Crippen molar-refractivity contribution in [3.05, 3.63) is 23.8 Å². The van der Waals surface area contributed by atoms with E-state index >= 15 is 0 Å². The number of methoxy groups -OCH3 is 1. The first-order chi connectivity index (χ1) is 8.93. The van der Waals surface area contributed by atoms with Gasteiger partial charge in [-0.15, -0.1) is 0 Å². The van der Waals surface area contributed by atoms with Crippen LogP contribution in [0.4, 0.5) is 0 Å². The lowest BCUT2D eigenvalue weighted by molar-refractivity contribution is -0.130. The summed E-state index contributed by atoms with van der Waals surface area (Å²) in [5.41, 5.74) is 0.791. The summed E-state index contributed by atoms with van der Waals surface area (Å²) in [6.07, 6.45) is -0.552. The summed E-state index contributed by atoms with van der Waals surface area (Å²) in [6, 6.07) is 4.84. The Labute approximate surface area is 113 Å². The van der Waals surface area contributed by atoms with Gasteiger partial charge in [-0.2, -0.15) is 0 Å². The largest absolute Gasteiger partial charge is 0.504 e. The number of aromatic hydroxyl groups is 1. The first-order valence-corrected chi connectivity index (χ1v) is 6.25. The predicted octanol–water partition coefficient (Wildman–Crippen LogP) is 1.42. The van der Waals surface area contributed by atoms with Crippen LogP contribution in [0.3, 0.4) is 0 Å². The van der Waals surface area contributed by atoms with E-state index in [2.05, 4.69) is 5.32 Å². The van der Waals surface area contributed by atoms with Gasteiger partial charge < -0.3 is 20.3 Å². The van der Waals surface area contributed by atoms with Gasteiger partial charge in [0.2, 0.25) is 5.91 Å². The zero-order valence-corrected chi connectivity index (χ0v) is 11.5. The number of hydrogen-bond acceptors (Lipinski definition) is 4. The number of amides is 1. The van der Waals surface area contributed by atoms with Crippen LogP contribution in [-0.4, -0.2) is 29.3 Å². The summed E-state index contributed by atoms with van der Waals surface area (Å²) >= 11 is 0. The molecule has 1 aromatic carbocycles. The van der Waals surface area contributed by atoms with Gasteiger partial charge in [0.1, 0.15) is 6.10 Å². The Morgan fingerprint density at radius 3 is 2.68 bits per heavy atom. The molecule has 0 saturated heterocycles. The maximum absolute atomic E-state index is 11.6. The Morgan fingerprint density at radius 1 is 1.42 bits per heavy atom. The van der Waals surface area contributed by atoms with Gasteiger partial charge in [0.25, 0.3) is 0 Å². The third kappa shape index (κ3) is 4.79. The number of phenolic OH excluding ortho intramolecular Hbond substituents is 1. The van der Waals surface area contributed by atoms with Crippen molar-refractivity contribution in [2.24, 2.45) is 5.92 Å². The van der Waals surface area contributed by atoms with E-state index in [0.717, 1.165) is 5.56 Å². The molecule has 1 rings (SSSR count). The molecule has 0 aromatic heterocycles. The zero-order chi connectivity index (χ0) is 14.4. The summed E-state index contributed by atoms with van der Waals surface area (Å²) in [4.78, 5) is 11.6. The molecule has 0 aliphatic carbocycles. The third-order valence-corrected chi connectivity index (χ3v) is 2.71. The van der Waals surface area contributed by atoms with Gasteiger partial charge in [0.05, 0.1) is 7.11 Å². The number of benzene rings is 1. The van der Waals surface area contributed by atoms with Crippen molar-refractivity contribution < 1.29 is 19.7 Å². The average Bonchev–Trinajstić information content (AvgIpc) is 2.36. The van der Waals surface area contributed by atoms with Crippen LogP contribution in [0.5, 0.6) is 11.5 Å². The van der Waals surface area contributed by atoms with Gasteiger partial charge in [-0.1, -0.05) is 19.9 Å². The second-order valence-electron chi connectivity index (χ2n) is 4.87. The summed E-state index contributed by atoms with van der Waals surface area (Å²) in [5.74, 6) is 0.280. The maximum Gasteiger partial charge on any atom is 0.249 e. The minimum Gasteiger partial charge on any atom is -0.504 e. The first-order valence-electron chi connectivity index (χ1n) is 6.25. The van der Waals surface area contributed by atoms with Crippen molar-refractivity contribution in [2.45, 2.75) is 32.9 Å². The summed E-state index contributed by atoms with van der Waals surface area (Å²) < 4.78 is 4.98. The summed E-state index contributed by atoms with van der Waals surface area (Å²) in [6.45, 7) is 4.17. The summed E-state index contributed by atoms with van der Waals surface area (Å²) in [5, 5.41) is 21.7. The van der Waals surface area contributed by atoms with E-state index in [4.69, 9.17) is 4.74 Å². The first kappa shape index (κ1) is 15.3. The molecular weight excluding hydrogens is 246 g/mol. The molecule has 0 aliphatic rings. The highest BCUT2D eigenvalue weighted by Gasteiger charge is 2.16. The number of aliphatic hydroxyl groups is 1. The quantitative estimate of drug-likeness (QED) is 0.728. The Kier molecular flexibility index (Phi) is 5.63. The second-order valence-corrected chi connectivity index (χ2v) is 4.87. The van der Waals surface area contributed by atoms with Gasteiger partial charge >= 0.3 is 0 Å². The fourth-order valence-corrected chi connectivity index (χ4v) is 1.69. The van der Waals surface area contributed by atoms with Crippen molar-refractivity contribution in [2.75, 3.05) is 7.11 Å². The lowest BCUT2D eigenvalue weighted by atomic mass is 10.1. The maximum atomic E-state index is 11.6. The molecule has 0 saturated carbocycles. The van der Waals surface area contributed by atoms with E-state index in [1.807, 2.05) is 13.8 Å². The Hall–Kier alpha value is -1.75. The smallest absolute Gasteiger partial charge is 0.249 e. The highest BCUT2D eigenvalue weighted by Crippen LogP contribution is 2.26. The monoisotopic (exact) mass is 267 g/mol. The van der Waals surface area contributed by atoms with Crippen molar-refractivity contribution in [1.82, 2.24) is 5.32 Å². The van der Waals surface area contributed by atoms with E-state index in [-0.39, 0.29) is 24.1 Å². The molecule has 19 heavy (non-hydrogen) atoms. The number of aliphatic hydroxyl groups excluding tert-OH is 1. The number of ether oxygens (including phenoxy) is 1. The number of hydrogen-bond donors (Lipinski definition) is 3. The van der Waals surface area contributed by atoms with Crippen molar-refractivity contribution in [3.63, 3.8) is 0 Å². The normalized spacial score (nSPS) is 12.3. The average molecular weight is 267 g/mol. The Bertz CT molecular complexity index is 431. The molecule has 0 fully saturated rings. The molecule has 3 N–H and O–H groups in total. The molecular formula is C14H21NO4. The van der Waals surface area contributed by atoms with Crippen molar-refractivity contribution in [3.8, 4) is 11.5 Å². The van der Waals surface area contributed by atoms with Gasteiger partial charge in [-0.05, 0) is 30.0 Å². The van der Waals surface area contributed by atoms with Crippen LogP contribution in [0.15, 0.2) is 18.2 Å². The fourth-order valence-electron chi connectivity index (χ4n) is 1.69. The van der Waals surface area contributed by atoms with Crippen LogP contribution in [0.25, 0.3) is 0 Å². The number of phenols is 1. The van der Waals surface area contributed by atoms with E-state index in [0.29, 0.717) is 12.2 Å². The molecule has 0 aliphatic heterocycles. The highest BCUT2D eigenvalue weighted by molar-refractivity contribution is 5.80. The molecule has 106 valence electrons. The van der Waals surface area contributed by atoms with Crippen LogP contribution in [-0.2, 0) is 11.3 Å². The van der Waals surface area contributed by atoms with Crippen LogP contribution in [0, 0.1) is 5.92 Å². The topological polar surface area (TPSA) is 78.8 Å². The molecule has 1 aromatic rings. The number of rotatable bonds is 6. The molecule has 0 radical (unpaired) electrons. The molecule has 1 amide bonds. The van der Waals surface area contributed by atoms with Gasteiger partial charge in [0, 0.05) is 6.54 Å². The van der Waals surface area contributed by atoms with Crippen molar-refractivity contribution in [1.29, 1.82) is 0 Å². The van der Waals surface area contributed by atoms with E-state index in [1.54, 1.807) is 12.1 Å². The molecule has 0 spiro atoms. The van der Waals surface area contributed by atoms with Crippen molar-refractivity contribution >= 4 is 5.91 Å². The standard InChI is InChI=1S/C14H21NO4/c1-9(2)6-12(17)14(18)15-8-10-4-5-11(16)13(7-10)19-3/h4-5,7,9,12,16-17H,6,8H2,1-3H3,(H,15,18)/t12-/m1/s1. The van der Waals surface area contributed by atoms with E-state index < -0.39 is 6.10 Å². The lowest BCUT2D eigenvalue weighted by Crippen LogP contribution is -2.34. The molecule has 0 heterocycles. The summed E-state index contributed by atoms with van der Waals surface area (Å²) in [7, 11) is 1.46. The SMILES string of the molecule is COc1cc(CNC(=O)[C@H](O)CC(C)C)ccc1O. The molecule has 0 unspecified atom stereocenters. The highest BCUT2D eigenvalue weighted by atomic mass is 16.5. The fraction of sp³-hybridized carbons (Fsp3) is 0.500. The minimum absolute atomic E-state index is 0.0532. The van der Waals surface area contributed by atoms with Crippen LogP contribution < -0.4 is 10.1 Å². The van der Waals surface area contributed by atoms with E-state index in [9.17, 15) is 15.0 Å². The number of carbonyl (C=O) groups excluding carboxylic acids is 1. The molecule has 5 heteroatoms. The Balaban J connectivity index is 2.54. The Morgan fingerprint density at radius 2 is 2.11 bits per heavy atom. The third-order valence-electron chi connectivity index (χ3n) is 2.71. The van der Waals surface area contributed by atoms with Gasteiger partial charge in [0.15, 0.2) is 11.5 Å². The predicted molar refractivity (Wildman–Crippen MR) is 72.0 cm³/mol. The van der Waals surface area contributed by atoms with Crippen LogP contribution >= 0.6 is 0 Å². The number of carbonyl (C=O) groups is 1. The molecule has 0 bridgehead atoms. The number of nitrogens with one attached hydrogen (secondary N) is 1. The molecule has 1 atom stereocenters. The second kappa shape index (κ2) is 6.99. The van der Waals surface area contributed by atoms with Gasteiger partial charge in [-0.25, -0.2) is 0 Å². The zero-order valence-electron chi connectivity index (χ0n) is 11.5. The molecule has 5 nitrogen and oxygen atoms in total.